The number of nitrogens with one attached hydrogen (secondary N) is 1. The van der Waals surface area contributed by atoms with E-state index < -0.39 is 19.0 Å². The lowest BCUT2D eigenvalue weighted by Gasteiger charge is -2.22. The minimum atomic E-state index is -1.42. The summed E-state index contributed by atoms with van der Waals surface area (Å²) >= 11 is 0. The first-order valence-corrected chi connectivity index (χ1v) is 5.07. The van der Waals surface area contributed by atoms with Crippen LogP contribution in [-0.4, -0.2) is 49.4 Å². The van der Waals surface area contributed by atoms with Crippen molar-refractivity contribution >= 4 is 0 Å². The van der Waals surface area contributed by atoms with Gasteiger partial charge in [0.05, 0.1) is 19.8 Å². The molecule has 2 atom stereocenters. The second-order valence-electron chi connectivity index (χ2n) is 4.55. The molecule has 0 bridgehead atoms. The number of aliphatic hydroxyl groups excluding tert-OH is 1. The van der Waals surface area contributed by atoms with Crippen LogP contribution in [0.2, 0.25) is 0 Å². The molecule has 0 aromatic heterocycles. The standard InChI is InChI=1S/C10H21F2NO2/c1-10(2,3)13-4-8(11)6-15-7-9(12)5-14/h8-9,13-14H,4-7H2,1-3H3. The number of hydrogen-bond acceptors (Lipinski definition) is 3. The molecule has 0 aliphatic carbocycles. The van der Waals surface area contributed by atoms with Crippen molar-refractivity contribution in [3.63, 3.8) is 0 Å². The van der Waals surface area contributed by atoms with Crippen molar-refractivity contribution < 1.29 is 18.6 Å². The highest BCUT2D eigenvalue weighted by molar-refractivity contribution is 4.72. The summed E-state index contributed by atoms with van der Waals surface area (Å²) in [4.78, 5) is 0. The molecular weight excluding hydrogens is 204 g/mol. The van der Waals surface area contributed by atoms with Crippen LogP contribution in [0.25, 0.3) is 0 Å². The van der Waals surface area contributed by atoms with E-state index in [0.29, 0.717) is 0 Å². The van der Waals surface area contributed by atoms with Crippen molar-refractivity contribution in [2.45, 2.75) is 38.7 Å². The fraction of sp³-hybridized carbons (Fsp3) is 1.00. The van der Waals surface area contributed by atoms with Gasteiger partial charge >= 0.3 is 0 Å². The maximum Gasteiger partial charge on any atom is 0.146 e. The Balaban J connectivity index is 3.45. The third-order valence-electron chi connectivity index (χ3n) is 1.65. The summed E-state index contributed by atoms with van der Waals surface area (Å²) in [5.41, 5.74) is -0.141. The fourth-order valence-electron chi connectivity index (χ4n) is 0.852. The van der Waals surface area contributed by atoms with E-state index in [1.54, 1.807) is 0 Å². The van der Waals surface area contributed by atoms with Crippen molar-refractivity contribution in [1.82, 2.24) is 5.32 Å². The zero-order chi connectivity index (χ0) is 11.9. The van der Waals surface area contributed by atoms with Crippen molar-refractivity contribution in [3.05, 3.63) is 0 Å². The Bertz CT molecular complexity index is 162. The number of rotatable bonds is 7. The summed E-state index contributed by atoms with van der Waals surface area (Å²) in [6, 6.07) is 0. The molecule has 15 heavy (non-hydrogen) atoms. The SMILES string of the molecule is CC(C)(C)NCC(F)COCC(F)CO. The highest BCUT2D eigenvalue weighted by atomic mass is 19.1. The van der Waals surface area contributed by atoms with Gasteiger partial charge in [-0.25, -0.2) is 8.78 Å². The molecule has 0 rings (SSSR count). The van der Waals surface area contributed by atoms with Gasteiger partial charge in [-0.05, 0) is 20.8 Å². The van der Waals surface area contributed by atoms with E-state index in [-0.39, 0.29) is 25.3 Å². The first-order valence-electron chi connectivity index (χ1n) is 5.07. The molecule has 92 valence electrons. The Morgan fingerprint density at radius 1 is 1.20 bits per heavy atom. The first kappa shape index (κ1) is 14.7. The lowest BCUT2D eigenvalue weighted by molar-refractivity contribution is 0.0259. The summed E-state index contributed by atoms with van der Waals surface area (Å²) in [6.45, 7) is 4.99. The highest BCUT2D eigenvalue weighted by Crippen LogP contribution is 2.01. The number of hydrogen-bond donors (Lipinski definition) is 2. The summed E-state index contributed by atoms with van der Waals surface area (Å²) in [7, 11) is 0. The molecule has 0 aliphatic heterocycles. The molecule has 0 amide bonds. The quantitative estimate of drug-likeness (QED) is 0.680. The number of halogens is 2. The molecule has 0 aromatic rings. The van der Waals surface area contributed by atoms with Crippen molar-refractivity contribution in [2.24, 2.45) is 0 Å². The summed E-state index contributed by atoms with van der Waals surface area (Å²) in [6.07, 6.45) is -2.58. The fourth-order valence-corrected chi connectivity index (χ4v) is 0.852. The Labute approximate surface area is 89.8 Å². The summed E-state index contributed by atoms with van der Waals surface area (Å²) in [5, 5.41) is 11.3. The molecule has 0 aromatic carbocycles. The third kappa shape index (κ3) is 10.0. The van der Waals surface area contributed by atoms with E-state index in [2.05, 4.69) is 5.32 Å². The minimum absolute atomic E-state index is 0.141. The number of aliphatic hydroxyl groups is 1. The van der Waals surface area contributed by atoms with Crippen molar-refractivity contribution in [3.8, 4) is 0 Å². The molecule has 2 unspecified atom stereocenters. The van der Waals surface area contributed by atoms with Crippen LogP contribution in [0.15, 0.2) is 0 Å². The van der Waals surface area contributed by atoms with Gasteiger partial charge in [-0.3, -0.25) is 0 Å². The van der Waals surface area contributed by atoms with Crippen LogP contribution in [0.4, 0.5) is 8.78 Å². The molecule has 0 spiro atoms. The number of alkyl halides is 2. The topological polar surface area (TPSA) is 41.5 Å². The van der Waals surface area contributed by atoms with Crippen LogP contribution in [-0.2, 0) is 4.74 Å². The summed E-state index contributed by atoms with van der Waals surface area (Å²) in [5.74, 6) is 0. The van der Waals surface area contributed by atoms with E-state index >= 15 is 0 Å². The lowest BCUT2D eigenvalue weighted by Crippen LogP contribution is -2.41. The molecule has 5 heteroatoms. The van der Waals surface area contributed by atoms with E-state index in [1.165, 1.54) is 0 Å². The molecular formula is C10H21F2NO2. The minimum Gasteiger partial charge on any atom is -0.393 e. The molecule has 0 radical (unpaired) electrons. The van der Waals surface area contributed by atoms with Gasteiger partial charge in [-0.15, -0.1) is 0 Å². The van der Waals surface area contributed by atoms with Crippen LogP contribution < -0.4 is 5.32 Å². The highest BCUT2D eigenvalue weighted by Gasteiger charge is 2.14. The Morgan fingerprint density at radius 2 is 1.73 bits per heavy atom. The third-order valence-corrected chi connectivity index (χ3v) is 1.65. The average molecular weight is 225 g/mol. The van der Waals surface area contributed by atoms with Gasteiger partial charge in [0.2, 0.25) is 0 Å². The van der Waals surface area contributed by atoms with E-state index in [9.17, 15) is 8.78 Å². The van der Waals surface area contributed by atoms with Gasteiger partial charge < -0.3 is 15.2 Å². The lowest BCUT2D eigenvalue weighted by atomic mass is 10.1. The van der Waals surface area contributed by atoms with Crippen LogP contribution in [0, 0.1) is 0 Å². The molecule has 0 fully saturated rings. The maximum atomic E-state index is 13.1. The molecule has 0 saturated heterocycles. The largest absolute Gasteiger partial charge is 0.393 e. The molecule has 2 N–H and O–H groups in total. The first-order chi connectivity index (χ1) is 6.85. The molecule has 0 saturated carbocycles. The van der Waals surface area contributed by atoms with E-state index in [4.69, 9.17) is 9.84 Å². The second-order valence-corrected chi connectivity index (χ2v) is 4.55. The Morgan fingerprint density at radius 3 is 2.20 bits per heavy atom. The predicted octanol–water partition coefficient (Wildman–Crippen LogP) is 1.06. The van der Waals surface area contributed by atoms with Gasteiger partial charge in [0.25, 0.3) is 0 Å². The zero-order valence-electron chi connectivity index (χ0n) is 9.59. The van der Waals surface area contributed by atoms with E-state index in [1.807, 2.05) is 20.8 Å². The average Bonchev–Trinajstić information content (AvgIpc) is 2.13. The van der Waals surface area contributed by atoms with Crippen LogP contribution >= 0.6 is 0 Å². The summed E-state index contributed by atoms with van der Waals surface area (Å²) < 4.78 is 30.3. The molecule has 0 aliphatic rings. The zero-order valence-corrected chi connectivity index (χ0v) is 9.59. The number of ether oxygens (including phenoxy) is 1. The maximum absolute atomic E-state index is 13.1. The second kappa shape index (κ2) is 7.09. The predicted molar refractivity (Wildman–Crippen MR) is 55.5 cm³/mol. The monoisotopic (exact) mass is 225 g/mol. The van der Waals surface area contributed by atoms with Crippen molar-refractivity contribution in [2.75, 3.05) is 26.4 Å². The van der Waals surface area contributed by atoms with Gasteiger partial charge in [-0.1, -0.05) is 0 Å². The van der Waals surface area contributed by atoms with E-state index in [0.717, 1.165) is 0 Å². The van der Waals surface area contributed by atoms with Crippen LogP contribution in [0.3, 0.4) is 0 Å². The van der Waals surface area contributed by atoms with Gasteiger partial charge in [0, 0.05) is 12.1 Å². The van der Waals surface area contributed by atoms with Crippen LogP contribution in [0.1, 0.15) is 20.8 Å². The van der Waals surface area contributed by atoms with Crippen molar-refractivity contribution in [1.29, 1.82) is 0 Å². The molecule has 3 nitrogen and oxygen atoms in total. The van der Waals surface area contributed by atoms with Gasteiger partial charge in [0.15, 0.2) is 0 Å². The van der Waals surface area contributed by atoms with Gasteiger partial charge in [0.1, 0.15) is 12.3 Å². The Kier molecular flexibility index (Phi) is 6.96. The molecule has 0 heterocycles. The van der Waals surface area contributed by atoms with Gasteiger partial charge in [-0.2, -0.15) is 0 Å². The Hall–Kier alpha value is -0.260. The van der Waals surface area contributed by atoms with Crippen LogP contribution in [0.5, 0.6) is 0 Å². The normalized spacial score (nSPS) is 16.4. The smallest absolute Gasteiger partial charge is 0.146 e.